The summed E-state index contributed by atoms with van der Waals surface area (Å²) in [5.74, 6) is 0.263. The number of carbonyl (C=O) groups excluding carboxylic acids is 1. The zero-order valence-corrected chi connectivity index (χ0v) is 16.1. The van der Waals surface area contributed by atoms with Gasteiger partial charge in [-0.05, 0) is 31.2 Å². The summed E-state index contributed by atoms with van der Waals surface area (Å²) in [5.41, 5.74) is 3.29. The smallest absolute Gasteiger partial charge is 0.222 e. The molecule has 1 atom stereocenters. The molecule has 1 unspecified atom stereocenters. The van der Waals surface area contributed by atoms with Crippen molar-refractivity contribution in [2.45, 2.75) is 38.1 Å². The predicted molar refractivity (Wildman–Crippen MR) is 110 cm³/mol. The predicted octanol–water partition coefficient (Wildman–Crippen LogP) is 4.13. The maximum Gasteiger partial charge on any atom is 0.222 e. The normalized spacial score (nSPS) is 16.4. The van der Waals surface area contributed by atoms with Gasteiger partial charge in [-0.1, -0.05) is 65.9 Å². The monoisotopic (exact) mass is 374 g/mol. The van der Waals surface area contributed by atoms with Gasteiger partial charge in [-0.15, -0.1) is 5.10 Å². The van der Waals surface area contributed by atoms with Crippen molar-refractivity contribution in [2.24, 2.45) is 0 Å². The Morgan fingerprint density at radius 2 is 1.75 bits per heavy atom. The van der Waals surface area contributed by atoms with E-state index in [1.165, 1.54) is 5.56 Å². The van der Waals surface area contributed by atoms with E-state index >= 15 is 0 Å². The lowest BCUT2D eigenvalue weighted by atomic mass is 10.1. The average molecular weight is 374 g/mol. The molecule has 0 bridgehead atoms. The number of hydrogen-bond donors (Lipinski definition) is 0. The number of carbonyl (C=O) groups is 1. The first-order valence-electron chi connectivity index (χ1n) is 10.1. The number of unbranched alkanes of at least 4 members (excludes halogenated alkanes) is 1. The van der Waals surface area contributed by atoms with E-state index in [-0.39, 0.29) is 11.9 Å². The molecule has 0 spiro atoms. The van der Waals surface area contributed by atoms with Crippen molar-refractivity contribution in [3.63, 3.8) is 0 Å². The van der Waals surface area contributed by atoms with Gasteiger partial charge >= 0.3 is 0 Å². The van der Waals surface area contributed by atoms with Crippen molar-refractivity contribution in [3.8, 4) is 11.3 Å². The third-order valence-electron chi connectivity index (χ3n) is 5.42. The van der Waals surface area contributed by atoms with Crippen molar-refractivity contribution in [2.75, 3.05) is 13.1 Å². The highest BCUT2D eigenvalue weighted by Gasteiger charge is 2.27. The molecule has 144 valence electrons. The van der Waals surface area contributed by atoms with Gasteiger partial charge in [0, 0.05) is 25.1 Å². The van der Waals surface area contributed by atoms with Gasteiger partial charge in [0.05, 0.1) is 12.2 Å². The molecular weight excluding hydrogens is 348 g/mol. The first-order valence-corrected chi connectivity index (χ1v) is 10.1. The summed E-state index contributed by atoms with van der Waals surface area (Å²) in [6.07, 6.45) is 6.60. The molecule has 0 N–H and O–H groups in total. The Morgan fingerprint density at radius 1 is 1.00 bits per heavy atom. The Balaban J connectivity index is 1.25. The Bertz CT molecular complexity index is 891. The Hall–Kier alpha value is -2.95. The summed E-state index contributed by atoms with van der Waals surface area (Å²) >= 11 is 0. The molecule has 0 aliphatic carbocycles. The number of rotatable bonds is 7. The van der Waals surface area contributed by atoms with Crippen LogP contribution in [0.1, 0.15) is 37.3 Å². The van der Waals surface area contributed by atoms with E-state index in [0.29, 0.717) is 6.42 Å². The highest BCUT2D eigenvalue weighted by atomic mass is 16.2. The standard InChI is InChI=1S/C23H26N4O/c28-23(14-8-7-11-19-9-3-1-4-10-19)26-16-15-21(17-26)27-18-22(24-25-27)20-12-5-2-6-13-20/h1-6,9-10,12-13,18,21H,7-8,11,14-17H2. The van der Waals surface area contributed by atoms with Gasteiger partial charge in [0.25, 0.3) is 0 Å². The van der Waals surface area contributed by atoms with Gasteiger partial charge in [0.1, 0.15) is 5.69 Å². The van der Waals surface area contributed by atoms with E-state index in [0.717, 1.165) is 50.0 Å². The molecule has 4 rings (SSSR count). The molecule has 1 aliphatic rings. The molecule has 2 heterocycles. The lowest BCUT2D eigenvalue weighted by molar-refractivity contribution is -0.130. The summed E-state index contributed by atoms with van der Waals surface area (Å²) in [6.45, 7) is 1.54. The van der Waals surface area contributed by atoms with Crippen molar-refractivity contribution >= 4 is 5.91 Å². The van der Waals surface area contributed by atoms with Crippen molar-refractivity contribution in [1.82, 2.24) is 19.9 Å². The van der Waals surface area contributed by atoms with Crippen LogP contribution in [0.3, 0.4) is 0 Å². The Labute approximate surface area is 166 Å². The van der Waals surface area contributed by atoms with Crippen LogP contribution < -0.4 is 0 Å². The highest BCUT2D eigenvalue weighted by molar-refractivity contribution is 5.76. The number of likely N-dealkylation sites (tertiary alicyclic amines) is 1. The number of aromatic nitrogens is 3. The van der Waals surface area contributed by atoms with Gasteiger partial charge in [-0.25, -0.2) is 4.68 Å². The SMILES string of the molecule is O=C(CCCCc1ccccc1)N1CCC(n2cc(-c3ccccc3)nn2)C1. The van der Waals surface area contributed by atoms with Gasteiger partial charge in [0.2, 0.25) is 5.91 Å². The first-order chi connectivity index (χ1) is 13.8. The van der Waals surface area contributed by atoms with E-state index < -0.39 is 0 Å². The van der Waals surface area contributed by atoms with Gasteiger partial charge < -0.3 is 4.90 Å². The number of nitrogens with zero attached hydrogens (tertiary/aromatic N) is 4. The minimum Gasteiger partial charge on any atom is -0.340 e. The number of amides is 1. The zero-order valence-electron chi connectivity index (χ0n) is 16.1. The van der Waals surface area contributed by atoms with Crippen LogP contribution in [0.25, 0.3) is 11.3 Å². The molecular formula is C23H26N4O. The topological polar surface area (TPSA) is 51.0 Å². The van der Waals surface area contributed by atoms with Gasteiger partial charge in [0.15, 0.2) is 0 Å². The summed E-state index contributed by atoms with van der Waals surface area (Å²) in [4.78, 5) is 14.5. The largest absolute Gasteiger partial charge is 0.340 e. The minimum absolute atomic E-state index is 0.221. The maximum absolute atomic E-state index is 12.5. The third kappa shape index (κ3) is 4.47. The summed E-state index contributed by atoms with van der Waals surface area (Å²) in [5, 5.41) is 8.61. The lowest BCUT2D eigenvalue weighted by Gasteiger charge is -2.16. The van der Waals surface area contributed by atoms with Crippen LogP contribution in [0.2, 0.25) is 0 Å². The lowest BCUT2D eigenvalue weighted by Crippen LogP contribution is -2.29. The quantitative estimate of drug-likeness (QED) is 0.584. The fourth-order valence-corrected chi connectivity index (χ4v) is 3.79. The van der Waals surface area contributed by atoms with Crippen molar-refractivity contribution in [3.05, 3.63) is 72.4 Å². The fraction of sp³-hybridized carbons (Fsp3) is 0.348. The third-order valence-corrected chi connectivity index (χ3v) is 5.42. The van der Waals surface area contributed by atoms with E-state index in [1.807, 2.05) is 52.2 Å². The van der Waals surface area contributed by atoms with Crippen molar-refractivity contribution < 1.29 is 4.79 Å². The van der Waals surface area contributed by atoms with Crippen molar-refractivity contribution in [1.29, 1.82) is 0 Å². The molecule has 0 saturated carbocycles. The molecule has 28 heavy (non-hydrogen) atoms. The minimum atomic E-state index is 0.221. The second-order valence-electron chi connectivity index (χ2n) is 7.42. The summed E-state index contributed by atoms with van der Waals surface area (Å²) < 4.78 is 1.92. The van der Waals surface area contributed by atoms with E-state index in [1.54, 1.807) is 0 Å². The summed E-state index contributed by atoms with van der Waals surface area (Å²) in [6, 6.07) is 20.8. The first kappa shape index (κ1) is 18.4. The van der Waals surface area contributed by atoms with E-state index in [4.69, 9.17) is 0 Å². The van der Waals surface area contributed by atoms with Crippen LogP contribution in [0.15, 0.2) is 66.9 Å². The highest BCUT2D eigenvalue weighted by Crippen LogP contribution is 2.24. The number of hydrogen-bond acceptors (Lipinski definition) is 3. The molecule has 1 fully saturated rings. The molecule has 5 nitrogen and oxygen atoms in total. The number of benzene rings is 2. The summed E-state index contributed by atoms with van der Waals surface area (Å²) in [7, 11) is 0. The second-order valence-corrected chi connectivity index (χ2v) is 7.42. The van der Waals surface area contributed by atoms with Crippen LogP contribution in [0.4, 0.5) is 0 Å². The average Bonchev–Trinajstić information content (AvgIpc) is 3.42. The molecule has 5 heteroatoms. The van der Waals surface area contributed by atoms with Crippen LogP contribution in [0.5, 0.6) is 0 Å². The van der Waals surface area contributed by atoms with Crippen LogP contribution >= 0.6 is 0 Å². The molecule has 0 radical (unpaired) electrons. The second kappa shape index (κ2) is 8.83. The van der Waals surface area contributed by atoms with E-state index in [2.05, 4.69) is 34.6 Å². The fourth-order valence-electron chi connectivity index (χ4n) is 3.79. The molecule has 1 amide bonds. The Kier molecular flexibility index (Phi) is 5.80. The molecule has 1 aromatic heterocycles. The molecule has 1 saturated heterocycles. The Morgan fingerprint density at radius 3 is 2.54 bits per heavy atom. The van der Waals surface area contributed by atoms with Crippen LogP contribution in [0, 0.1) is 0 Å². The zero-order chi connectivity index (χ0) is 19.2. The van der Waals surface area contributed by atoms with E-state index in [9.17, 15) is 4.79 Å². The van der Waals surface area contributed by atoms with Crippen LogP contribution in [-0.4, -0.2) is 38.9 Å². The van der Waals surface area contributed by atoms with Gasteiger partial charge in [-0.3, -0.25) is 4.79 Å². The van der Waals surface area contributed by atoms with Crippen LogP contribution in [-0.2, 0) is 11.2 Å². The number of aryl methyl sites for hydroxylation is 1. The molecule has 2 aromatic carbocycles. The molecule has 3 aromatic rings. The van der Waals surface area contributed by atoms with Gasteiger partial charge in [-0.2, -0.15) is 0 Å². The maximum atomic E-state index is 12.5. The molecule has 1 aliphatic heterocycles.